The maximum atomic E-state index is 12.1. The lowest BCUT2D eigenvalue weighted by molar-refractivity contribution is 0.0604. The molecule has 0 aromatic heterocycles. The van der Waals surface area contributed by atoms with Gasteiger partial charge in [-0.25, -0.2) is 8.42 Å². The van der Waals surface area contributed by atoms with Crippen LogP contribution in [-0.2, 0) is 10.0 Å². The van der Waals surface area contributed by atoms with Crippen LogP contribution in [-0.4, -0.2) is 36.5 Å². The van der Waals surface area contributed by atoms with Gasteiger partial charge in [-0.1, -0.05) is 37.3 Å². The van der Waals surface area contributed by atoms with E-state index in [1.54, 1.807) is 26.8 Å². The van der Waals surface area contributed by atoms with Crippen LogP contribution in [0.3, 0.4) is 0 Å². The summed E-state index contributed by atoms with van der Waals surface area (Å²) in [6, 6.07) is 9.23. The van der Waals surface area contributed by atoms with E-state index in [1.165, 1.54) is 9.71 Å². The molecule has 0 spiro atoms. The SMILES string of the molecule is CCN(CC(C)(C)O)S(=O)(=O)C=Cc1ccccc1. The molecule has 5 heteroatoms. The Morgan fingerprint density at radius 3 is 2.32 bits per heavy atom. The summed E-state index contributed by atoms with van der Waals surface area (Å²) in [5.74, 6) is 0. The zero-order valence-electron chi connectivity index (χ0n) is 11.6. The number of hydrogen-bond donors (Lipinski definition) is 1. The molecular weight excluding hydrogens is 262 g/mol. The molecule has 1 rings (SSSR count). The predicted octanol–water partition coefficient (Wildman–Crippen LogP) is 2.08. The molecule has 0 bridgehead atoms. The molecule has 4 nitrogen and oxygen atoms in total. The van der Waals surface area contributed by atoms with Crippen molar-refractivity contribution < 1.29 is 13.5 Å². The van der Waals surface area contributed by atoms with Gasteiger partial charge in [-0.2, -0.15) is 4.31 Å². The standard InChI is InChI=1S/C14H21NO3S/c1-4-15(12-14(2,3)16)19(17,18)11-10-13-8-6-5-7-9-13/h5-11,16H,4,12H2,1-3H3. The number of nitrogens with zero attached hydrogens (tertiary/aromatic N) is 1. The number of likely N-dealkylation sites (N-methyl/N-ethyl adjacent to an activating group) is 1. The van der Waals surface area contributed by atoms with Crippen molar-refractivity contribution in [1.29, 1.82) is 0 Å². The highest BCUT2D eigenvalue weighted by Gasteiger charge is 2.24. The van der Waals surface area contributed by atoms with Gasteiger partial charge in [0, 0.05) is 18.5 Å². The third-order valence-electron chi connectivity index (χ3n) is 2.51. The van der Waals surface area contributed by atoms with Gasteiger partial charge in [-0.05, 0) is 25.5 Å². The monoisotopic (exact) mass is 283 g/mol. The van der Waals surface area contributed by atoms with Gasteiger partial charge in [0.15, 0.2) is 0 Å². The number of rotatable bonds is 6. The van der Waals surface area contributed by atoms with Gasteiger partial charge in [0.1, 0.15) is 0 Å². The van der Waals surface area contributed by atoms with E-state index in [-0.39, 0.29) is 6.54 Å². The van der Waals surface area contributed by atoms with Crippen molar-refractivity contribution in [2.75, 3.05) is 13.1 Å². The summed E-state index contributed by atoms with van der Waals surface area (Å²) in [5.41, 5.74) is -0.227. The van der Waals surface area contributed by atoms with Gasteiger partial charge in [0.05, 0.1) is 5.60 Å². The summed E-state index contributed by atoms with van der Waals surface area (Å²) in [5, 5.41) is 10.9. The fourth-order valence-corrected chi connectivity index (χ4v) is 2.99. The zero-order chi connectivity index (χ0) is 14.5. The average Bonchev–Trinajstić information content (AvgIpc) is 2.34. The molecule has 0 saturated carbocycles. The Hall–Kier alpha value is -1.17. The fraction of sp³-hybridized carbons (Fsp3) is 0.429. The van der Waals surface area contributed by atoms with E-state index in [2.05, 4.69) is 0 Å². The highest BCUT2D eigenvalue weighted by molar-refractivity contribution is 7.92. The lowest BCUT2D eigenvalue weighted by Crippen LogP contribution is -2.41. The first-order valence-corrected chi connectivity index (χ1v) is 7.70. The summed E-state index contributed by atoms with van der Waals surface area (Å²) >= 11 is 0. The quantitative estimate of drug-likeness (QED) is 0.869. The molecule has 0 fully saturated rings. The van der Waals surface area contributed by atoms with Gasteiger partial charge in [0.2, 0.25) is 10.0 Å². The van der Waals surface area contributed by atoms with Crippen LogP contribution in [0.1, 0.15) is 26.3 Å². The molecule has 1 aromatic carbocycles. The van der Waals surface area contributed by atoms with Crippen molar-refractivity contribution in [2.45, 2.75) is 26.4 Å². The zero-order valence-corrected chi connectivity index (χ0v) is 12.4. The minimum Gasteiger partial charge on any atom is -0.389 e. The Kier molecular flexibility index (Phi) is 5.29. The van der Waals surface area contributed by atoms with Crippen LogP contribution >= 0.6 is 0 Å². The van der Waals surface area contributed by atoms with Gasteiger partial charge in [-0.3, -0.25) is 0 Å². The highest BCUT2D eigenvalue weighted by Crippen LogP contribution is 2.12. The largest absolute Gasteiger partial charge is 0.389 e. The van der Waals surface area contributed by atoms with Crippen molar-refractivity contribution in [3.8, 4) is 0 Å². The fourth-order valence-electron chi connectivity index (χ4n) is 1.63. The molecule has 0 radical (unpaired) electrons. The Labute approximate surface area is 115 Å². The Morgan fingerprint density at radius 2 is 1.84 bits per heavy atom. The average molecular weight is 283 g/mol. The van der Waals surface area contributed by atoms with Gasteiger partial charge in [0.25, 0.3) is 0 Å². The van der Waals surface area contributed by atoms with Crippen LogP contribution in [0.2, 0.25) is 0 Å². The number of sulfonamides is 1. The van der Waals surface area contributed by atoms with E-state index in [0.29, 0.717) is 6.54 Å². The van der Waals surface area contributed by atoms with Crippen LogP contribution < -0.4 is 0 Å². The van der Waals surface area contributed by atoms with E-state index >= 15 is 0 Å². The lowest BCUT2D eigenvalue weighted by Gasteiger charge is -2.26. The van der Waals surface area contributed by atoms with Gasteiger partial charge >= 0.3 is 0 Å². The summed E-state index contributed by atoms with van der Waals surface area (Å²) in [4.78, 5) is 0. The molecule has 0 heterocycles. The molecular formula is C14H21NO3S. The molecule has 19 heavy (non-hydrogen) atoms. The molecule has 1 aromatic rings. The summed E-state index contributed by atoms with van der Waals surface area (Å²) < 4.78 is 25.5. The molecule has 0 unspecified atom stereocenters. The molecule has 106 valence electrons. The van der Waals surface area contributed by atoms with Gasteiger partial charge in [-0.15, -0.1) is 0 Å². The van der Waals surface area contributed by atoms with Crippen molar-refractivity contribution in [2.24, 2.45) is 0 Å². The predicted molar refractivity (Wildman–Crippen MR) is 77.9 cm³/mol. The molecule has 0 aliphatic carbocycles. The van der Waals surface area contributed by atoms with Crippen LogP contribution in [0.5, 0.6) is 0 Å². The summed E-state index contributed by atoms with van der Waals surface area (Å²) in [6.07, 6.45) is 1.56. The number of benzene rings is 1. The first-order valence-electron chi connectivity index (χ1n) is 6.20. The third kappa shape index (κ3) is 5.55. The Morgan fingerprint density at radius 1 is 1.26 bits per heavy atom. The summed E-state index contributed by atoms with van der Waals surface area (Å²) in [7, 11) is -3.51. The Bertz CT molecular complexity index is 515. The van der Waals surface area contributed by atoms with E-state index in [0.717, 1.165) is 5.56 Å². The first kappa shape index (κ1) is 15.9. The maximum Gasteiger partial charge on any atom is 0.236 e. The number of aliphatic hydroxyl groups is 1. The van der Waals surface area contributed by atoms with Crippen molar-refractivity contribution in [3.05, 3.63) is 41.3 Å². The van der Waals surface area contributed by atoms with Gasteiger partial charge < -0.3 is 5.11 Å². The third-order valence-corrected chi connectivity index (χ3v) is 4.10. The van der Waals surface area contributed by atoms with Crippen molar-refractivity contribution in [1.82, 2.24) is 4.31 Å². The van der Waals surface area contributed by atoms with Crippen LogP contribution in [0.25, 0.3) is 6.08 Å². The second-order valence-corrected chi connectivity index (χ2v) is 6.82. The van der Waals surface area contributed by atoms with E-state index in [1.807, 2.05) is 30.3 Å². The maximum absolute atomic E-state index is 12.1. The van der Waals surface area contributed by atoms with E-state index in [9.17, 15) is 13.5 Å². The highest BCUT2D eigenvalue weighted by atomic mass is 32.2. The minimum absolute atomic E-state index is 0.0744. The first-order chi connectivity index (χ1) is 8.74. The second-order valence-electron chi connectivity index (χ2n) is 5.00. The van der Waals surface area contributed by atoms with Crippen LogP contribution in [0.4, 0.5) is 0 Å². The van der Waals surface area contributed by atoms with Crippen LogP contribution in [0, 0.1) is 0 Å². The number of hydrogen-bond acceptors (Lipinski definition) is 3. The molecule has 0 amide bonds. The normalized spacial score (nSPS) is 13.3. The van der Waals surface area contributed by atoms with E-state index in [4.69, 9.17) is 0 Å². The van der Waals surface area contributed by atoms with Crippen molar-refractivity contribution in [3.63, 3.8) is 0 Å². The lowest BCUT2D eigenvalue weighted by atomic mass is 10.1. The smallest absolute Gasteiger partial charge is 0.236 e. The molecule has 0 atom stereocenters. The molecule has 0 saturated heterocycles. The minimum atomic E-state index is -3.51. The van der Waals surface area contributed by atoms with Crippen LogP contribution in [0.15, 0.2) is 35.7 Å². The molecule has 1 N–H and O–H groups in total. The van der Waals surface area contributed by atoms with Crippen molar-refractivity contribution >= 4 is 16.1 Å². The summed E-state index contributed by atoms with van der Waals surface area (Å²) in [6.45, 7) is 5.33. The molecule has 0 aliphatic heterocycles. The topological polar surface area (TPSA) is 57.6 Å². The van der Waals surface area contributed by atoms with E-state index < -0.39 is 15.6 Å². The Balaban J connectivity index is 2.88. The molecule has 0 aliphatic rings. The second kappa shape index (κ2) is 6.32.